The zero-order valence-corrected chi connectivity index (χ0v) is 17.1. The standard InChI is InChI=1S/C13H27NO2.C4H10.C2H5NO/c1-12(2)5-4-8-15-9-6-14-7-10-16-13(3)11-14;1-4(2)3;1-3-2-4/h12-13H,4-11H2,1-3H3;4H,1-3H3;2H,1H3,(H,3,4). The lowest BCUT2D eigenvalue weighted by Gasteiger charge is -2.30. The minimum atomic E-state index is 0.384. The lowest BCUT2D eigenvalue weighted by atomic mass is 10.1. The third kappa shape index (κ3) is 23.6. The van der Waals surface area contributed by atoms with E-state index in [0.717, 1.165) is 51.3 Å². The molecule has 5 nitrogen and oxygen atoms in total. The molecule has 1 heterocycles. The molecule has 5 heteroatoms. The quantitative estimate of drug-likeness (QED) is 0.542. The average Bonchev–Trinajstić information content (AvgIpc) is 2.50. The number of carbonyl (C=O) groups excluding carboxylic acids is 1. The third-order valence-electron chi connectivity index (χ3n) is 3.07. The minimum Gasteiger partial charge on any atom is -0.380 e. The number of nitrogens with zero attached hydrogens (tertiary/aromatic N) is 1. The number of hydrogen-bond donors (Lipinski definition) is 1. The molecule has 0 aromatic carbocycles. The van der Waals surface area contributed by atoms with Gasteiger partial charge in [0.2, 0.25) is 6.41 Å². The van der Waals surface area contributed by atoms with Crippen molar-refractivity contribution in [3.63, 3.8) is 0 Å². The zero-order chi connectivity index (χ0) is 18.8. The van der Waals surface area contributed by atoms with Gasteiger partial charge in [-0.15, -0.1) is 0 Å². The van der Waals surface area contributed by atoms with Crippen LogP contribution in [0, 0.1) is 11.8 Å². The normalized spacial score (nSPS) is 17.6. The molecule has 24 heavy (non-hydrogen) atoms. The van der Waals surface area contributed by atoms with E-state index in [-0.39, 0.29) is 0 Å². The molecular weight excluding hydrogens is 304 g/mol. The van der Waals surface area contributed by atoms with Gasteiger partial charge in [0.05, 0.1) is 19.3 Å². The second-order valence-electron chi connectivity index (χ2n) is 7.27. The highest BCUT2D eigenvalue weighted by molar-refractivity contribution is 5.44. The summed E-state index contributed by atoms with van der Waals surface area (Å²) >= 11 is 0. The second-order valence-corrected chi connectivity index (χ2v) is 7.27. The zero-order valence-electron chi connectivity index (χ0n) is 17.1. The number of carbonyl (C=O) groups is 1. The van der Waals surface area contributed by atoms with Gasteiger partial charge in [-0.3, -0.25) is 9.69 Å². The third-order valence-corrected chi connectivity index (χ3v) is 3.07. The average molecular weight is 347 g/mol. The van der Waals surface area contributed by atoms with E-state index in [1.54, 1.807) is 7.05 Å². The maximum atomic E-state index is 9.06. The van der Waals surface area contributed by atoms with Crippen LogP contribution in [0.25, 0.3) is 0 Å². The first kappa shape index (κ1) is 25.6. The van der Waals surface area contributed by atoms with E-state index in [1.165, 1.54) is 12.8 Å². The molecule has 1 amide bonds. The number of amides is 1. The van der Waals surface area contributed by atoms with E-state index < -0.39 is 0 Å². The summed E-state index contributed by atoms with van der Waals surface area (Å²) in [6.45, 7) is 19.0. The Bertz CT molecular complexity index is 258. The van der Waals surface area contributed by atoms with Gasteiger partial charge in [0.1, 0.15) is 0 Å². The molecule has 0 spiro atoms. The summed E-state index contributed by atoms with van der Waals surface area (Å²) in [6.07, 6.45) is 3.47. The Morgan fingerprint density at radius 2 is 1.83 bits per heavy atom. The van der Waals surface area contributed by atoms with Crippen molar-refractivity contribution in [1.29, 1.82) is 0 Å². The maximum absolute atomic E-state index is 9.06. The highest BCUT2D eigenvalue weighted by Gasteiger charge is 2.15. The summed E-state index contributed by atoms with van der Waals surface area (Å²) in [7, 11) is 1.56. The highest BCUT2D eigenvalue weighted by Crippen LogP contribution is 2.05. The monoisotopic (exact) mass is 346 g/mol. The largest absolute Gasteiger partial charge is 0.380 e. The van der Waals surface area contributed by atoms with Gasteiger partial charge < -0.3 is 14.8 Å². The molecule has 0 aromatic rings. The molecule has 1 unspecified atom stereocenters. The molecule has 146 valence electrons. The van der Waals surface area contributed by atoms with E-state index in [1.807, 2.05) is 0 Å². The molecule has 0 radical (unpaired) electrons. The van der Waals surface area contributed by atoms with Gasteiger partial charge in [-0.1, -0.05) is 34.6 Å². The van der Waals surface area contributed by atoms with Crippen LogP contribution in [-0.4, -0.2) is 63.9 Å². The number of nitrogens with one attached hydrogen (secondary N) is 1. The van der Waals surface area contributed by atoms with Gasteiger partial charge in [0.15, 0.2) is 0 Å². The Hall–Kier alpha value is -0.650. The fourth-order valence-electron chi connectivity index (χ4n) is 1.98. The molecule has 0 saturated carbocycles. The first-order chi connectivity index (χ1) is 11.3. The minimum absolute atomic E-state index is 0.384. The molecule has 1 fully saturated rings. The van der Waals surface area contributed by atoms with Crippen LogP contribution < -0.4 is 5.32 Å². The van der Waals surface area contributed by atoms with Gasteiger partial charge >= 0.3 is 0 Å². The van der Waals surface area contributed by atoms with E-state index in [9.17, 15) is 0 Å². The van der Waals surface area contributed by atoms with Crippen LogP contribution in [0.15, 0.2) is 0 Å². The topological polar surface area (TPSA) is 50.8 Å². The van der Waals surface area contributed by atoms with Gasteiger partial charge in [-0.05, 0) is 31.6 Å². The Kier molecular flexibility index (Phi) is 19.9. The molecule has 1 N–H and O–H groups in total. The van der Waals surface area contributed by atoms with Crippen LogP contribution in [0.5, 0.6) is 0 Å². The van der Waals surface area contributed by atoms with Crippen LogP contribution in [0.2, 0.25) is 0 Å². The van der Waals surface area contributed by atoms with Crippen molar-refractivity contribution in [1.82, 2.24) is 10.2 Å². The Morgan fingerprint density at radius 3 is 2.29 bits per heavy atom. The Balaban J connectivity index is 0. The van der Waals surface area contributed by atoms with Crippen LogP contribution in [0.1, 0.15) is 54.4 Å². The van der Waals surface area contributed by atoms with E-state index >= 15 is 0 Å². The summed E-state index contributed by atoms with van der Waals surface area (Å²) in [6, 6.07) is 0. The smallest absolute Gasteiger partial charge is 0.206 e. The van der Waals surface area contributed by atoms with Crippen molar-refractivity contribution in [2.45, 2.75) is 60.5 Å². The molecular formula is C19H42N2O3. The first-order valence-corrected chi connectivity index (χ1v) is 9.36. The van der Waals surface area contributed by atoms with Crippen molar-refractivity contribution < 1.29 is 14.3 Å². The van der Waals surface area contributed by atoms with E-state index in [2.05, 4.69) is 51.8 Å². The molecule has 1 aliphatic heterocycles. The van der Waals surface area contributed by atoms with Crippen molar-refractivity contribution in [3.8, 4) is 0 Å². The van der Waals surface area contributed by atoms with Crippen molar-refractivity contribution in [2.75, 3.05) is 46.5 Å². The number of hydrogen-bond acceptors (Lipinski definition) is 4. The lowest BCUT2D eigenvalue weighted by Crippen LogP contribution is -2.42. The van der Waals surface area contributed by atoms with Gasteiger partial charge in [-0.2, -0.15) is 0 Å². The van der Waals surface area contributed by atoms with Gasteiger partial charge in [-0.25, -0.2) is 0 Å². The van der Waals surface area contributed by atoms with Crippen molar-refractivity contribution in [3.05, 3.63) is 0 Å². The summed E-state index contributed by atoms with van der Waals surface area (Å²) in [5, 5.41) is 2.25. The fourth-order valence-corrected chi connectivity index (χ4v) is 1.98. The predicted molar refractivity (Wildman–Crippen MR) is 102 cm³/mol. The van der Waals surface area contributed by atoms with Gasteiger partial charge in [0.25, 0.3) is 0 Å². The van der Waals surface area contributed by atoms with Crippen LogP contribution >= 0.6 is 0 Å². The van der Waals surface area contributed by atoms with Crippen LogP contribution in [0.3, 0.4) is 0 Å². The Labute approximate surface area is 150 Å². The second kappa shape index (κ2) is 18.7. The SMILES string of the molecule is CC(C)C.CC(C)CCCOCCN1CCOC(C)C1.CNC=O. The van der Waals surface area contributed by atoms with Crippen molar-refractivity contribution in [2.24, 2.45) is 11.8 Å². The Morgan fingerprint density at radius 1 is 1.25 bits per heavy atom. The summed E-state index contributed by atoms with van der Waals surface area (Å²) in [5.74, 6) is 1.63. The number of rotatable bonds is 8. The van der Waals surface area contributed by atoms with Crippen molar-refractivity contribution >= 4 is 6.41 Å². The number of ether oxygens (including phenoxy) is 2. The highest BCUT2D eigenvalue weighted by atomic mass is 16.5. The molecule has 1 aliphatic rings. The lowest BCUT2D eigenvalue weighted by molar-refractivity contribution is -0.109. The van der Waals surface area contributed by atoms with E-state index in [0.29, 0.717) is 12.5 Å². The van der Waals surface area contributed by atoms with Crippen LogP contribution in [-0.2, 0) is 14.3 Å². The summed E-state index contributed by atoms with van der Waals surface area (Å²) in [5.41, 5.74) is 0. The molecule has 0 aliphatic carbocycles. The van der Waals surface area contributed by atoms with Gasteiger partial charge in [0, 0.05) is 33.3 Å². The van der Waals surface area contributed by atoms with Crippen LogP contribution in [0.4, 0.5) is 0 Å². The fraction of sp³-hybridized carbons (Fsp3) is 0.947. The molecule has 1 saturated heterocycles. The molecule has 1 atom stereocenters. The summed E-state index contributed by atoms with van der Waals surface area (Å²) in [4.78, 5) is 11.5. The number of morpholine rings is 1. The molecule has 0 bridgehead atoms. The molecule has 1 rings (SSSR count). The van der Waals surface area contributed by atoms with E-state index in [4.69, 9.17) is 14.3 Å². The molecule has 0 aromatic heterocycles. The maximum Gasteiger partial charge on any atom is 0.206 e. The first-order valence-electron chi connectivity index (χ1n) is 9.36. The predicted octanol–water partition coefficient (Wildman–Crippen LogP) is 3.18. The summed E-state index contributed by atoms with van der Waals surface area (Å²) < 4.78 is 11.1.